The van der Waals surface area contributed by atoms with Crippen LogP contribution in [0, 0.1) is 23.3 Å². The van der Waals surface area contributed by atoms with Gasteiger partial charge >= 0.3 is 5.97 Å². The van der Waals surface area contributed by atoms with Crippen LogP contribution in [0.15, 0.2) is 0 Å². The Labute approximate surface area is 92.5 Å². The van der Waals surface area contributed by atoms with E-state index in [1.165, 1.54) is 0 Å². The smallest absolute Gasteiger partial charge is 0.341 e. The molecule has 1 aromatic carbocycles. The molecule has 0 aromatic heterocycles. The van der Waals surface area contributed by atoms with Gasteiger partial charge < -0.3 is 15.5 Å². The maximum absolute atomic E-state index is 13.2. The van der Waals surface area contributed by atoms with E-state index in [-0.39, 0.29) is 6.54 Å². The first-order chi connectivity index (χ1) is 7.91. The summed E-state index contributed by atoms with van der Waals surface area (Å²) in [5, 5.41) is 18.7. The Bertz CT molecular complexity index is 435. The lowest BCUT2D eigenvalue weighted by Crippen LogP contribution is -2.15. The van der Waals surface area contributed by atoms with E-state index in [1.807, 2.05) is 5.32 Å². The normalized spacial score (nSPS) is 10.4. The first-order valence-electron chi connectivity index (χ1n) is 4.35. The van der Waals surface area contributed by atoms with Crippen molar-refractivity contribution in [1.29, 1.82) is 0 Å². The first-order valence-corrected chi connectivity index (χ1v) is 4.35. The highest BCUT2D eigenvalue weighted by Gasteiger charge is 2.28. The number of rotatable bonds is 4. The number of benzene rings is 1. The second-order valence-corrected chi connectivity index (χ2v) is 2.96. The number of carboxylic acids is 1. The summed E-state index contributed by atoms with van der Waals surface area (Å²) >= 11 is 0. The van der Waals surface area contributed by atoms with Crippen LogP contribution in [-0.4, -0.2) is 29.3 Å². The van der Waals surface area contributed by atoms with Crippen LogP contribution < -0.4 is 5.32 Å². The first kappa shape index (κ1) is 13.2. The lowest BCUT2D eigenvalue weighted by atomic mass is 10.1. The van der Waals surface area contributed by atoms with Crippen molar-refractivity contribution in [1.82, 2.24) is 0 Å². The minimum Gasteiger partial charge on any atom is -0.477 e. The Balaban J connectivity index is 3.41. The van der Waals surface area contributed by atoms with Gasteiger partial charge in [0.05, 0.1) is 6.61 Å². The van der Waals surface area contributed by atoms with Crippen LogP contribution in [0.5, 0.6) is 0 Å². The summed E-state index contributed by atoms with van der Waals surface area (Å²) < 4.78 is 52.6. The van der Waals surface area contributed by atoms with E-state index < -0.39 is 47.1 Å². The molecule has 0 aliphatic carbocycles. The van der Waals surface area contributed by atoms with Crippen LogP contribution in [-0.2, 0) is 0 Å². The number of aliphatic hydroxyl groups is 1. The van der Waals surface area contributed by atoms with Gasteiger partial charge in [-0.2, -0.15) is 0 Å². The quantitative estimate of drug-likeness (QED) is 0.559. The van der Waals surface area contributed by atoms with E-state index in [4.69, 9.17) is 10.2 Å². The van der Waals surface area contributed by atoms with Crippen LogP contribution in [0.25, 0.3) is 0 Å². The van der Waals surface area contributed by atoms with Crippen LogP contribution >= 0.6 is 0 Å². The Morgan fingerprint density at radius 1 is 1.06 bits per heavy atom. The molecule has 0 bridgehead atoms. The van der Waals surface area contributed by atoms with Gasteiger partial charge in [-0.1, -0.05) is 0 Å². The summed E-state index contributed by atoms with van der Waals surface area (Å²) in [6, 6.07) is 0. The van der Waals surface area contributed by atoms with E-state index >= 15 is 0 Å². The van der Waals surface area contributed by atoms with Gasteiger partial charge in [0.2, 0.25) is 0 Å². The average molecular weight is 253 g/mol. The van der Waals surface area contributed by atoms with Crippen molar-refractivity contribution in [2.45, 2.75) is 0 Å². The second-order valence-electron chi connectivity index (χ2n) is 2.96. The Kier molecular flexibility index (Phi) is 3.89. The monoisotopic (exact) mass is 253 g/mol. The van der Waals surface area contributed by atoms with Crippen molar-refractivity contribution >= 4 is 11.7 Å². The zero-order chi connectivity index (χ0) is 13.2. The highest BCUT2D eigenvalue weighted by atomic mass is 19.2. The molecule has 17 heavy (non-hydrogen) atoms. The number of aliphatic hydroxyl groups excluding tert-OH is 1. The van der Waals surface area contributed by atoms with Gasteiger partial charge in [-0.05, 0) is 0 Å². The maximum Gasteiger partial charge on any atom is 0.341 e. The summed E-state index contributed by atoms with van der Waals surface area (Å²) in [4.78, 5) is 10.4. The van der Waals surface area contributed by atoms with E-state index in [2.05, 4.69) is 0 Å². The van der Waals surface area contributed by atoms with Gasteiger partial charge in [-0.25, -0.2) is 22.4 Å². The maximum atomic E-state index is 13.2. The molecule has 0 heterocycles. The number of carboxylic acid groups (broad SMARTS) is 1. The molecule has 1 rings (SSSR count). The molecule has 0 aliphatic heterocycles. The SMILES string of the molecule is O=C(O)c1c(F)c(F)c(NCCO)c(F)c1F. The highest BCUT2D eigenvalue weighted by Crippen LogP contribution is 2.27. The molecular weight excluding hydrogens is 246 g/mol. The Morgan fingerprint density at radius 3 is 1.88 bits per heavy atom. The molecule has 3 N–H and O–H groups in total. The predicted molar refractivity (Wildman–Crippen MR) is 48.8 cm³/mol. The van der Waals surface area contributed by atoms with Crippen molar-refractivity contribution in [2.24, 2.45) is 0 Å². The van der Waals surface area contributed by atoms with E-state index in [9.17, 15) is 22.4 Å². The summed E-state index contributed by atoms with van der Waals surface area (Å²) in [5.41, 5.74) is -2.85. The molecule has 0 aliphatic rings. The van der Waals surface area contributed by atoms with Crippen LogP contribution in [0.4, 0.5) is 23.2 Å². The van der Waals surface area contributed by atoms with Crippen LogP contribution in [0.3, 0.4) is 0 Å². The van der Waals surface area contributed by atoms with E-state index in [0.29, 0.717) is 0 Å². The molecule has 0 saturated heterocycles. The third kappa shape index (κ3) is 2.31. The number of halogens is 4. The molecule has 0 spiro atoms. The molecular formula is C9H7F4NO3. The summed E-state index contributed by atoms with van der Waals surface area (Å²) in [7, 11) is 0. The fraction of sp³-hybridized carbons (Fsp3) is 0.222. The van der Waals surface area contributed by atoms with Gasteiger partial charge in [0, 0.05) is 6.54 Å². The summed E-state index contributed by atoms with van der Waals surface area (Å²) in [6.45, 7) is -0.873. The number of hydrogen-bond donors (Lipinski definition) is 3. The molecule has 8 heteroatoms. The fourth-order valence-corrected chi connectivity index (χ4v) is 1.16. The number of hydrogen-bond acceptors (Lipinski definition) is 3. The largest absolute Gasteiger partial charge is 0.477 e. The predicted octanol–water partition coefficient (Wildman–Crippen LogP) is 1.35. The topological polar surface area (TPSA) is 69.6 Å². The molecule has 4 nitrogen and oxygen atoms in total. The lowest BCUT2D eigenvalue weighted by molar-refractivity contribution is 0.0683. The summed E-state index contributed by atoms with van der Waals surface area (Å²) in [5.74, 6) is -9.83. The Hall–Kier alpha value is -1.83. The fourth-order valence-electron chi connectivity index (χ4n) is 1.16. The number of aromatic carboxylic acids is 1. The van der Waals surface area contributed by atoms with Gasteiger partial charge in [0.15, 0.2) is 23.3 Å². The van der Waals surface area contributed by atoms with Gasteiger partial charge in [-0.15, -0.1) is 0 Å². The zero-order valence-corrected chi connectivity index (χ0v) is 8.23. The van der Waals surface area contributed by atoms with Crippen LogP contribution in [0.2, 0.25) is 0 Å². The minimum atomic E-state index is -2.12. The average Bonchev–Trinajstić information content (AvgIpc) is 2.26. The number of carbonyl (C=O) groups is 1. The van der Waals surface area contributed by atoms with Crippen molar-refractivity contribution < 1.29 is 32.6 Å². The molecule has 0 saturated carbocycles. The molecule has 1 aromatic rings. The van der Waals surface area contributed by atoms with Crippen molar-refractivity contribution in [2.75, 3.05) is 18.5 Å². The molecule has 0 radical (unpaired) electrons. The third-order valence-corrected chi connectivity index (χ3v) is 1.89. The molecule has 94 valence electrons. The minimum absolute atomic E-state index is 0.348. The third-order valence-electron chi connectivity index (χ3n) is 1.89. The van der Waals surface area contributed by atoms with Gasteiger partial charge in [0.1, 0.15) is 11.3 Å². The van der Waals surface area contributed by atoms with E-state index in [1.54, 1.807) is 0 Å². The number of nitrogens with one attached hydrogen (secondary N) is 1. The molecule has 0 atom stereocenters. The standard InChI is InChI=1S/C9H7F4NO3/c10-4-3(9(16)17)5(11)7(13)8(6(4)12)14-1-2-15/h14-15H,1-2H2,(H,16,17). The second kappa shape index (κ2) is 5.00. The van der Waals surface area contributed by atoms with Gasteiger partial charge in [0.25, 0.3) is 0 Å². The van der Waals surface area contributed by atoms with Crippen molar-refractivity contribution in [3.63, 3.8) is 0 Å². The van der Waals surface area contributed by atoms with Gasteiger partial charge in [-0.3, -0.25) is 0 Å². The summed E-state index contributed by atoms with van der Waals surface area (Å²) in [6.07, 6.45) is 0. The number of anilines is 1. The zero-order valence-electron chi connectivity index (χ0n) is 8.23. The highest BCUT2D eigenvalue weighted by molar-refractivity contribution is 5.89. The lowest BCUT2D eigenvalue weighted by Gasteiger charge is -2.10. The van der Waals surface area contributed by atoms with E-state index in [0.717, 1.165) is 0 Å². The van der Waals surface area contributed by atoms with Crippen molar-refractivity contribution in [3.8, 4) is 0 Å². The molecule has 0 unspecified atom stereocenters. The van der Waals surface area contributed by atoms with Crippen LogP contribution in [0.1, 0.15) is 10.4 Å². The molecule has 0 fully saturated rings. The Morgan fingerprint density at radius 2 is 1.53 bits per heavy atom. The molecule has 0 amide bonds. The van der Waals surface area contributed by atoms with Crippen molar-refractivity contribution in [3.05, 3.63) is 28.8 Å².